The highest BCUT2D eigenvalue weighted by molar-refractivity contribution is 7.18. The van der Waals surface area contributed by atoms with E-state index in [2.05, 4.69) is 22.2 Å². The minimum Gasteiger partial charge on any atom is -0.388 e. The second-order valence-corrected chi connectivity index (χ2v) is 13.5. The zero-order chi connectivity index (χ0) is 33.4. The van der Waals surface area contributed by atoms with Gasteiger partial charge in [-0.25, -0.2) is 14.6 Å². The van der Waals surface area contributed by atoms with E-state index in [1.807, 2.05) is 26.0 Å². The molecule has 1 saturated carbocycles. The second-order valence-electron chi connectivity index (χ2n) is 11.8. The fourth-order valence-corrected chi connectivity index (χ4v) is 6.86. The number of amides is 2. The van der Waals surface area contributed by atoms with Crippen LogP contribution in [0.2, 0.25) is 0 Å². The van der Waals surface area contributed by atoms with Gasteiger partial charge in [-0.2, -0.15) is 0 Å². The Morgan fingerprint density at radius 1 is 1.11 bits per heavy atom. The Balaban J connectivity index is 1.61. The number of benzene rings is 1. The molecule has 2 aromatic heterocycles. The van der Waals surface area contributed by atoms with Gasteiger partial charge in [-0.3, -0.25) is 14.6 Å². The van der Waals surface area contributed by atoms with Crippen LogP contribution in [0.4, 0.5) is 11.4 Å². The Morgan fingerprint density at radius 2 is 1.80 bits per heavy atom. The van der Waals surface area contributed by atoms with E-state index in [1.54, 1.807) is 34.0 Å². The number of carbonyl (C=O) groups is 4. The number of nitrogens with zero attached hydrogens (tertiary/aromatic N) is 3. The van der Waals surface area contributed by atoms with Crippen LogP contribution in [0.5, 0.6) is 0 Å². The average Bonchev–Trinajstić information content (AvgIpc) is 3.71. The number of anilines is 2. The number of aromatic nitrogens is 1. The van der Waals surface area contributed by atoms with Gasteiger partial charge in [0.2, 0.25) is 5.91 Å². The van der Waals surface area contributed by atoms with Crippen molar-refractivity contribution in [2.45, 2.75) is 71.4 Å². The molecule has 1 aromatic carbocycles. The first-order chi connectivity index (χ1) is 21.9. The van der Waals surface area contributed by atoms with Gasteiger partial charge in [-0.05, 0) is 82.1 Å². The number of thiazole rings is 1. The molecule has 0 spiro atoms. The van der Waals surface area contributed by atoms with Crippen LogP contribution in [0.25, 0.3) is 10.4 Å². The lowest BCUT2D eigenvalue weighted by molar-refractivity contribution is -0.139. The number of nitrogens with two attached hydrogens (primary N) is 3. The van der Waals surface area contributed by atoms with Gasteiger partial charge in [0.05, 0.1) is 11.2 Å². The van der Waals surface area contributed by atoms with E-state index in [-0.39, 0.29) is 47.6 Å². The number of esters is 2. The summed E-state index contributed by atoms with van der Waals surface area (Å²) in [6, 6.07) is 7.57. The van der Waals surface area contributed by atoms with Gasteiger partial charge in [-0.1, -0.05) is 19.1 Å². The first-order valence-corrected chi connectivity index (χ1v) is 17.0. The number of hydrogen-bond acceptors (Lipinski definition) is 10. The lowest BCUT2D eigenvalue weighted by atomic mass is 9.82. The van der Waals surface area contributed by atoms with E-state index in [0.29, 0.717) is 34.3 Å². The summed E-state index contributed by atoms with van der Waals surface area (Å²) in [6.45, 7) is 6.27. The molecule has 7 N–H and O–H groups in total. The first kappa shape index (κ1) is 34.7. The monoisotopic (exact) mass is 667 g/mol. The van der Waals surface area contributed by atoms with Gasteiger partial charge in [0.1, 0.15) is 16.6 Å². The molecule has 1 fully saturated rings. The molecule has 1 aliphatic carbocycles. The van der Waals surface area contributed by atoms with Crippen LogP contribution in [0.1, 0.15) is 79.5 Å². The predicted octanol–water partition coefficient (Wildman–Crippen LogP) is 4.76. The number of guanidine groups is 1. The summed E-state index contributed by atoms with van der Waals surface area (Å²) in [4.78, 5) is 63.1. The summed E-state index contributed by atoms with van der Waals surface area (Å²) >= 11 is 2.46. The van der Waals surface area contributed by atoms with E-state index in [9.17, 15) is 19.2 Å². The Hall–Kier alpha value is -4.14. The van der Waals surface area contributed by atoms with Gasteiger partial charge >= 0.3 is 11.9 Å². The van der Waals surface area contributed by atoms with Crippen LogP contribution in [0.15, 0.2) is 46.2 Å². The molecule has 4 rings (SSSR count). The maximum absolute atomic E-state index is 14.0. The third-order valence-corrected chi connectivity index (χ3v) is 9.57. The molecule has 246 valence electrons. The lowest BCUT2D eigenvalue weighted by Crippen LogP contribution is -2.42. The van der Waals surface area contributed by atoms with E-state index in [1.165, 1.54) is 11.3 Å². The number of rotatable bonds is 12. The zero-order valence-corrected chi connectivity index (χ0v) is 27.9. The Bertz CT molecular complexity index is 1540. The molecule has 1 aliphatic rings. The van der Waals surface area contributed by atoms with Crippen LogP contribution < -0.4 is 27.4 Å². The van der Waals surface area contributed by atoms with E-state index < -0.39 is 18.0 Å². The number of nitrogens with one attached hydrogen (secondary N) is 1. The lowest BCUT2D eigenvalue weighted by Gasteiger charge is -2.33. The van der Waals surface area contributed by atoms with Crippen LogP contribution in [-0.2, 0) is 14.3 Å². The normalized spacial score (nSPS) is 16.8. The number of thiophene rings is 1. The van der Waals surface area contributed by atoms with Gasteiger partial charge < -0.3 is 32.2 Å². The number of aliphatic imine (C=N–C) groups is 1. The molecule has 0 aliphatic heterocycles. The molecule has 1 atom stereocenters. The SMILES string of the molecule is CC1CCC(C(=O)N(c2cc(-c3ccc(NC(=O)c4cscn4)cc3)sc2C(=O)OC(=O)[C@@H](N)CCCN=C(N)N)C(C)C)CC1. The van der Waals surface area contributed by atoms with Crippen molar-refractivity contribution >= 4 is 63.8 Å². The van der Waals surface area contributed by atoms with Crippen molar-refractivity contribution in [1.29, 1.82) is 0 Å². The number of hydrogen-bond donors (Lipinski definition) is 4. The summed E-state index contributed by atoms with van der Waals surface area (Å²) in [5.74, 6) is -1.78. The second kappa shape index (κ2) is 15.9. The highest BCUT2D eigenvalue weighted by Gasteiger charge is 2.34. The van der Waals surface area contributed by atoms with Crippen molar-refractivity contribution in [3.05, 3.63) is 51.8 Å². The molecule has 12 nitrogen and oxygen atoms in total. The highest BCUT2D eigenvalue weighted by atomic mass is 32.1. The van der Waals surface area contributed by atoms with Crippen molar-refractivity contribution in [2.24, 2.45) is 34.0 Å². The van der Waals surface area contributed by atoms with Gasteiger partial charge in [0.25, 0.3) is 5.91 Å². The van der Waals surface area contributed by atoms with E-state index >= 15 is 0 Å². The van der Waals surface area contributed by atoms with Crippen LogP contribution >= 0.6 is 22.7 Å². The van der Waals surface area contributed by atoms with E-state index in [4.69, 9.17) is 21.9 Å². The predicted molar refractivity (Wildman–Crippen MR) is 182 cm³/mol. The number of ether oxygens (including phenoxy) is 1. The maximum Gasteiger partial charge on any atom is 0.358 e. The summed E-state index contributed by atoms with van der Waals surface area (Å²) < 4.78 is 5.27. The Morgan fingerprint density at radius 3 is 2.41 bits per heavy atom. The first-order valence-electron chi connectivity index (χ1n) is 15.3. The zero-order valence-electron chi connectivity index (χ0n) is 26.2. The minimum absolute atomic E-state index is 0.0526. The highest BCUT2D eigenvalue weighted by Crippen LogP contribution is 2.40. The molecule has 2 heterocycles. The average molecular weight is 668 g/mol. The maximum atomic E-state index is 14.0. The molecule has 46 heavy (non-hydrogen) atoms. The van der Waals surface area contributed by atoms with Crippen LogP contribution in [0, 0.1) is 11.8 Å². The molecular formula is C32H41N7O5S2. The fraction of sp³-hybridized carbons (Fsp3) is 0.438. The topological polar surface area (TPSA) is 196 Å². The quantitative estimate of drug-likeness (QED) is 0.0692. The van der Waals surface area contributed by atoms with Gasteiger partial charge in [0, 0.05) is 34.4 Å². The number of carbonyl (C=O) groups excluding carboxylic acids is 4. The Kier molecular flexibility index (Phi) is 12.0. The van der Waals surface area contributed by atoms with Crippen LogP contribution in [0.3, 0.4) is 0 Å². The molecule has 0 radical (unpaired) electrons. The van der Waals surface area contributed by atoms with Crippen molar-refractivity contribution in [3.63, 3.8) is 0 Å². The largest absolute Gasteiger partial charge is 0.388 e. The summed E-state index contributed by atoms with van der Waals surface area (Å²) in [5.41, 5.74) is 20.3. The summed E-state index contributed by atoms with van der Waals surface area (Å²) in [5, 5.41) is 4.48. The third-order valence-electron chi connectivity index (χ3n) is 7.83. The van der Waals surface area contributed by atoms with Crippen molar-refractivity contribution in [2.75, 3.05) is 16.8 Å². The Labute approximate surface area is 276 Å². The van der Waals surface area contributed by atoms with Gasteiger partial charge in [-0.15, -0.1) is 22.7 Å². The molecule has 0 saturated heterocycles. The third kappa shape index (κ3) is 8.98. The molecule has 0 bridgehead atoms. The molecule has 3 aromatic rings. The smallest absolute Gasteiger partial charge is 0.358 e. The van der Waals surface area contributed by atoms with Crippen molar-refractivity contribution < 1.29 is 23.9 Å². The molecule has 2 amide bonds. The van der Waals surface area contributed by atoms with Crippen LogP contribution in [-0.4, -0.2) is 53.3 Å². The van der Waals surface area contributed by atoms with Crippen molar-refractivity contribution in [1.82, 2.24) is 4.98 Å². The van der Waals surface area contributed by atoms with Crippen molar-refractivity contribution in [3.8, 4) is 10.4 Å². The standard InChI is InChI=1S/C32H41N7O5S2/c1-18(2)39(29(41)21-8-6-19(3)7-9-21)25-15-26(20-10-12-22(13-11-20)38-28(40)24-16-45-17-37-24)46-27(25)31(43)44-30(42)23(33)5-4-14-36-32(34)35/h10-13,15-19,21,23H,4-9,14,33H2,1-3H3,(H,38,40)(H4,34,35,36)/t19?,21?,23-/m0/s1. The summed E-state index contributed by atoms with van der Waals surface area (Å²) in [6.07, 6.45) is 4.13. The minimum atomic E-state index is -1.06. The summed E-state index contributed by atoms with van der Waals surface area (Å²) in [7, 11) is 0. The fourth-order valence-electron chi connectivity index (χ4n) is 5.29. The molecule has 14 heteroatoms. The van der Waals surface area contributed by atoms with E-state index in [0.717, 1.165) is 42.6 Å². The molecule has 0 unspecified atom stereocenters. The van der Waals surface area contributed by atoms with Gasteiger partial charge in [0.15, 0.2) is 5.96 Å². The molecular weight excluding hydrogens is 627 g/mol.